The van der Waals surface area contributed by atoms with Crippen molar-refractivity contribution in [1.82, 2.24) is 9.13 Å². The van der Waals surface area contributed by atoms with E-state index in [2.05, 4.69) is 4.57 Å². The third-order valence-electron chi connectivity index (χ3n) is 4.41. The van der Waals surface area contributed by atoms with Crippen molar-refractivity contribution in [2.75, 3.05) is 0 Å². The Balaban J connectivity index is 1.98. The van der Waals surface area contributed by atoms with Gasteiger partial charge in [0.25, 0.3) is 11.2 Å². The second-order valence-electron chi connectivity index (χ2n) is 6.22. The smallest absolute Gasteiger partial charge is 0.287 e. The number of carbonyl (C=O) groups is 1. The van der Waals surface area contributed by atoms with Crippen LogP contribution < -0.4 is 5.56 Å². The topological polar surface area (TPSA) is 111 Å². The number of aromatic nitrogens is 2. The molecule has 8 heteroatoms. The molecule has 0 atom stereocenters. The molecule has 0 aliphatic heterocycles. The van der Waals surface area contributed by atoms with E-state index >= 15 is 0 Å². The highest BCUT2D eigenvalue weighted by Gasteiger charge is 2.28. The average molecular weight is 340 g/mol. The number of nitrogens with zero attached hydrogens (tertiary/aromatic N) is 4. The molecule has 0 N–H and O–H groups in total. The van der Waals surface area contributed by atoms with Crippen molar-refractivity contribution in [2.24, 2.45) is 0 Å². The molecule has 1 aliphatic rings. The first kappa shape index (κ1) is 16.6. The average Bonchev–Trinajstić information content (AvgIpc) is 3.34. The summed E-state index contributed by atoms with van der Waals surface area (Å²) in [6, 6.07) is 4.76. The van der Waals surface area contributed by atoms with Gasteiger partial charge in [0.05, 0.1) is 17.7 Å². The first-order valence-electron chi connectivity index (χ1n) is 7.84. The molecule has 1 aliphatic carbocycles. The number of aryl methyl sites for hydroxylation is 1. The van der Waals surface area contributed by atoms with Crippen LogP contribution in [0.15, 0.2) is 23.1 Å². The molecule has 2 aromatic rings. The molecule has 0 bridgehead atoms. The minimum atomic E-state index is -0.711. The Morgan fingerprint density at radius 3 is 2.64 bits per heavy atom. The summed E-state index contributed by atoms with van der Waals surface area (Å²) in [5, 5.41) is 19.9. The number of nitro groups is 1. The number of Topliss-reactive ketones (excluding diaryl/α,β-unsaturated/α-hetero) is 1. The number of ketones is 1. The van der Waals surface area contributed by atoms with E-state index < -0.39 is 16.2 Å². The number of pyridine rings is 1. The van der Waals surface area contributed by atoms with Crippen LogP contribution in [0.3, 0.4) is 0 Å². The van der Waals surface area contributed by atoms with Gasteiger partial charge in [-0.25, -0.2) is 0 Å². The molecule has 0 amide bonds. The van der Waals surface area contributed by atoms with Gasteiger partial charge in [-0.05, 0) is 32.8 Å². The van der Waals surface area contributed by atoms with Gasteiger partial charge in [-0.15, -0.1) is 0 Å². The zero-order valence-electron chi connectivity index (χ0n) is 13.9. The van der Waals surface area contributed by atoms with E-state index in [4.69, 9.17) is 5.26 Å². The molecular weight excluding hydrogens is 324 g/mol. The number of nitriles is 1. The highest BCUT2D eigenvalue weighted by molar-refractivity contribution is 5.97. The molecule has 1 fully saturated rings. The zero-order valence-corrected chi connectivity index (χ0v) is 13.9. The maximum atomic E-state index is 12.7. The number of carbonyl (C=O) groups excluding carboxylic acids is 1. The number of rotatable bonds is 5. The lowest BCUT2D eigenvalue weighted by atomic mass is 10.1. The predicted octanol–water partition coefficient (Wildman–Crippen LogP) is 2.26. The Hall–Kier alpha value is -3.21. The molecule has 0 saturated heterocycles. The van der Waals surface area contributed by atoms with E-state index in [-0.39, 0.29) is 17.9 Å². The molecule has 0 radical (unpaired) electrons. The molecule has 2 heterocycles. The molecule has 3 rings (SSSR count). The summed E-state index contributed by atoms with van der Waals surface area (Å²) in [6.07, 6.45) is 3.17. The Kier molecular flexibility index (Phi) is 4.00. The van der Waals surface area contributed by atoms with E-state index in [9.17, 15) is 19.7 Å². The van der Waals surface area contributed by atoms with Crippen molar-refractivity contribution in [2.45, 2.75) is 39.3 Å². The third kappa shape index (κ3) is 2.96. The van der Waals surface area contributed by atoms with Crippen LogP contribution in [0.4, 0.5) is 5.69 Å². The van der Waals surface area contributed by atoms with Crippen molar-refractivity contribution in [3.05, 3.63) is 61.3 Å². The van der Waals surface area contributed by atoms with Crippen LogP contribution in [0.2, 0.25) is 0 Å². The summed E-state index contributed by atoms with van der Waals surface area (Å²) >= 11 is 0. The molecule has 8 nitrogen and oxygen atoms in total. The number of hydrogen-bond donors (Lipinski definition) is 0. The second kappa shape index (κ2) is 6.02. The van der Waals surface area contributed by atoms with Gasteiger partial charge in [0.2, 0.25) is 0 Å². The minimum Gasteiger partial charge on any atom is -0.345 e. The highest BCUT2D eigenvalue weighted by Crippen LogP contribution is 2.38. The molecule has 0 aromatic carbocycles. The maximum Gasteiger partial charge on any atom is 0.287 e. The fraction of sp³-hybridized carbons (Fsp3) is 0.353. The summed E-state index contributed by atoms with van der Waals surface area (Å²) in [6.45, 7) is 3.44. The van der Waals surface area contributed by atoms with E-state index in [1.807, 2.05) is 13.8 Å². The van der Waals surface area contributed by atoms with Crippen LogP contribution in [0.25, 0.3) is 0 Å². The van der Waals surface area contributed by atoms with E-state index in [0.29, 0.717) is 11.6 Å². The standard InChI is InChI=1S/C17H16N4O4/c1-10-5-15(11(2)20(10)13-3-4-13)16(22)9-19-8-14(21(24)25)6-12(7-18)17(19)23/h5-6,8,13H,3-4,9H2,1-2H3. The van der Waals surface area contributed by atoms with Crippen LogP contribution in [0.1, 0.15) is 46.2 Å². The predicted molar refractivity (Wildman–Crippen MR) is 88.6 cm³/mol. The van der Waals surface area contributed by atoms with Crippen molar-refractivity contribution in [3.8, 4) is 6.07 Å². The fourth-order valence-electron chi connectivity index (χ4n) is 3.11. The Morgan fingerprint density at radius 1 is 1.40 bits per heavy atom. The molecule has 0 spiro atoms. The number of hydrogen-bond acceptors (Lipinski definition) is 5. The summed E-state index contributed by atoms with van der Waals surface area (Å²) in [7, 11) is 0. The van der Waals surface area contributed by atoms with Crippen LogP contribution in [-0.2, 0) is 6.54 Å². The molecule has 25 heavy (non-hydrogen) atoms. The normalized spacial score (nSPS) is 13.5. The van der Waals surface area contributed by atoms with Crippen molar-refractivity contribution < 1.29 is 9.72 Å². The molecular formula is C17H16N4O4. The van der Waals surface area contributed by atoms with Gasteiger partial charge in [0.15, 0.2) is 5.78 Å². The van der Waals surface area contributed by atoms with E-state index in [1.54, 1.807) is 12.1 Å². The molecule has 1 saturated carbocycles. The van der Waals surface area contributed by atoms with Crippen LogP contribution in [-0.4, -0.2) is 19.8 Å². The van der Waals surface area contributed by atoms with E-state index in [0.717, 1.165) is 41.1 Å². The quantitative estimate of drug-likeness (QED) is 0.471. The Bertz CT molecular complexity index is 989. The molecule has 0 unspecified atom stereocenters. The highest BCUT2D eigenvalue weighted by atomic mass is 16.6. The van der Waals surface area contributed by atoms with Crippen molar-refractivity contribution in [1.29, 1.82) is 5.26 Å². The lowest BCUT2D eigenvalue weighted by Gasteiger charge is -2.08. The largest absolute Gasteiger partial charge is 0.345 e. The Labute approximate surface area is 143 Å². The van der Waals surface area contributed by atoms with Gasteiger partial charge in [0, 0.05) is 29.1 Å². The SMILES string of the molecule is Cc1cc(C(=O)Cn2cc([N+](=O)[O-])cc(C#N)c2=O)c(C)n1C1CC1. The van der Waals surface area contributed by atoms with Gasteiger partial charge in [-0.1, -0.05) is 0 Å². The van der Waals surface area contributed by atoms with Gasteiger partial charge >= 0.3 is 0 Å². The third-order valence-corrected chi connectivity index (χ3v) is 4.41. The first-order valence-corrected chi connectivity index (χ1v) is 7.84. The van der Waals surface area contributed by atoms with Crippen molar-refractivity contribution >= 4 is 11.5 Å². The maximum absolute atomic E-state index is 12.7. The fourth-order valence-corrected chi connectivity index (χ4v) is 3.11. The van der Waals surface area contributed by atoms with Crippen molar-refractivity contribution in [3.63, 3.8) is 0 Å². The summed E-state index contributed by atoms with van der Waals surface area (Å²) in [4.78, 5) is 35.1. The molecule has 2 aromatic heterocycles. The van der Waals surface area contributed by atoms with Crippen LogP contribution >= 0.6 is 0 Å². The van der Waals surface area contributed by atoms with Gasteiger partial charge in [-0.3, -0.25) is 24.3 Å². The van der Waals surface area contributed by atoms with E-state index in [1.165, 1.54) is 0 Å². The van der Waals surface area contributed by atoms with Crippen LogP contribution in [0, 0.1) is 35.3 Å². The minimum absolute atomic E-state index is 0.313. The Morgan fingerprint density at radius 2 is 2.08 bits per heavy atom. The summed E-state index contributed by atoms with van der Waals surface area (Å²) in [5.74, 6) is -0.313. The molecule has 128 valence electrons. The lowest BCUT2D eigenvalue weighted by molar-refractivity contribution is -0.385. The van der Waals surface area contributed by atoms with Crippen LogP contribution in [0.5, 0.6) is 0 Å². The van der Waals surface area contributed by atoms with Gasteiger partial charge in [-0.2, -0.15) is 5.26 Å². The first-order chi connectivity index (χ1) is 11.8. The van der Waals surface area contributed by atoms with Gasteiger partial charge in [0.1, 0.15) is 11.6 Å². The monoisotopic (exact) mass is 340 g/mol. The lowest BCUT2D eigenvalue weighted by Crippen LogP contribution is -2.26. The second-order valence-corrected chi connectivity index (χ2v) is 6.22. The zero-order chi connectivity index (χ0) is 18.3. The summed E-state index contributed by atoms with van der Waals surface area (Å²) < 4.78 is 3.05. The summed E-state index contributed by atoms with van der Waals surface area (Å²) in [5.41, 5.74) is 0.855. The van der Waals surface area contributed by atoms with Gasteiger partial charge < -0.3 is 4.57 Å².